The zero-order valence-corrected chi connectivity index (χ0v) is 14.1. The molecule has 0 unspecified atom stereocenters. The number of rotatable bonds is 4. The molecule has 0 aliphatic rings. The van der Waals surface area contributed by atoms with Crippen molar-refractivity contribution in [3.63, 3.8) is 0 Å². The summed E-state index contributed by atoms with van der Waals surface area (Å²) in [5.74, 6) is -0.785. The minimum absolute atomic E-state index is 0.0441. The maximum Gasteiger partial charge on any atom is 0.611 e. The van der Waals surface area contributed by atoms with Crippen LogP contribution in [0.4, 0.5) is 4.79 Å². The summed E-state index contributed by atoms with van der Waals surface area (Å²) >= 11 is 6.22. The molecule has 0 spiro atoms. The zero-order chi connectivity index (χ0) is 17.9. The fraction of sp³-hybridized carbons (Fsp3) is 0.312. The van der Waals surface area contributed by atoms with Crippen LogP contribution in [0.2, 0.25) is 5.02 Å². The first kappa shape index (κ1) is 17.6. The number of ether oxygens (including phenoxy) is 2. The van der Waals surface area contributed by atoms with E-state index in [1.54, 1.807) is 19.1 Å². The molecule has 2 aromatic rings. The van der Waals surface area contributed by atoms with Crippen LogP contribution >= 0.6 is 11.6 Å². The van der Waals surface area contributed by atoms with Gasteiger partial charge in [-0.15, -0.1) is 0 Å². The van der Waals surface area contributed by atoms with Gasteiger partial charge in [0, 0.05) is 11.5 Å². The number of halogens is 1. The van der Waals surface area contributed by atoms with E-state index in [9.17, 15) is 9.59 Å². The van der Waals surface area contributed by atoms with Gasteiger partial charge in [-0.3, -0.25) is 0 Å². The molecule has 0 aliphatic carbocycles. The molecule has 0 radical (unpaired) electrons. The normalized spacial score (nSPS) is 10.5. The molecule has 0 atom stereocenters. The Hall–Kier alpha value is -2.72. The summed E-state index contributed by atoms with van der Waals surface area (Å²) in [7, 11) is 0. The van der Waals surface area contributed by atoms with Gasteiger partial charge in [0.05, 0.1) is 17.1 Å². The molecule has 0 bridgehead atoms. The Morgan fingerprint density at radius 3 is 2.71 bits per heavy atom. The van der Waals surface area contributed by atoms with Crippen molar-refractivity contribution in [2.45, 2.75) is 20.8 Å². The predicted molar refractivity (Wildman–Crippen MR) is 87.7 cm³/mol. The van der Waals surface area contributed by atoms with Gasteiger partial charge in [-0.1, -0.05) is 31.5 Å². The number of aromatic nitrogens is 1. The third-order valence-electron chi connectivity index (χ3n) is 3.11. The molecule has 124 valence electrons. The number of fused-ring (bicyclic) bond motifs is 1. The fourth-order valence-corrected chi connectivity index (χ4v) is 2.13. The molecule has 2 rings (SSSR count). The minimum atomic E-state index is -0.977. The van der Waals surface area contributed by atoms with Crippen LogP contribution in [0.25, 0.3) is 15.9 Å². The van der Waals surface area contributed by atoms with Crippen LogP contribution in [0.3, 0.4) is 0 Å². The number of carbonyl (C=O) groups excluding carboxylic acids is 2. The van der Waals surface area contributed by atoms with Crippen LogP contribution in [-0.4, -0.2) is 23.7 Å². The second kappa shape index (κ2) is 7.23. The van der Waals surface area contributed by atoms with Gasteiger partial charge in [-0.25, -0.2) is 9.78 Å². The maximum atomic E-state index is 11.8. The Morgan fingerprint density at radius 2 is 2.08 bits per heavy atom. The average molecular weight is 349 g/mol. The topological polar surface area (TPSA) is 93.6 Å². The van der Waals surface area contributed by atoms with E-state index in [-0.39, 0.29) is 29.5 Å². The highest BCUT2D eigenvalue weighted by Gasteiger charge is 2.25. The van der Waals surface area contributed by atoms with E-state index in [0.29, 0.717) is 10.4 Å². The van der Waals surface area contributed by atoms with Crippen molar-refractivity contribution in [1.82, 2.24) is 4.98 Å². The SMILES string of the molecule is Cc1ccc2c(OC(=O)OCC(C)C)cc(C(=O)[N+]#N)nc2c1Cl. The second-order valence-corrected chi connectivity index (χ2v) is 5.94. The lowest BCUT2D eigenvalue weighted by Gasteiger charge is -2.11. The van der Waals surface area contributed by atoms with Crippen molar-refractivity contribution in [3.05, 3.63) is 39.5 Å². The first-order valence-corrected chi connectivity index (χ1v) is 7.55. The predicted octanol–water partition coefficient (Wildman–Crippen LogP) is 4.36. The monoisotopic (exact) mass is 348 g/mol. The Bertz CT molecular complexity index is 859. The summed E-state index contributed by atoms with van der Waals surface area (Å²) < 4.78 is 10.1. The third-order valence-corrected chi connectivity index (χ3v) is 3.59. The zero-order valence-electron chi connectivity index (χ0n) is 13.4. The Balaban J connectivity index is 2.51. The molecule has 1 heterocycles. The van der Waals surface area contributed by atoms with Crippen LogP contribution in [-0.2, 0) is 4.74 Å². The summed E-state index contributed by atoms with van der Waals surface area (Å²) in [6.45, 7) is 5.74. The standard InChI is InChI=1S/C16H15ClN3O4/c1-8(2)7-23-16(22)24-12-6-11(15(21)20-18)19-14-10(12)5-4-9(3)13(14)17/h4-6,8H,7H2,1-3H3/q+1. The number of benzene rings is 1. The highest BCUT2D eigenvalue weighted by atomic mass is 35.5. The van der Waals surface area contributed by atoms with E-state index >= 15 is 0 Å². The first-order chi connectivity index (χ1) is 11.3. The molecular weight excluding hydrogens is 334 g/mol. The average Bonchev–Trinajstić information content (AvgIpc) is 2.55. The summed E-state index contributed by atoms with van der Waals surface area (Å²) in [5, 5.41) is 9.41. The molecule has 8 heteroatoms. The van der Waals surface area contributed by atoms with Crippen molar-refractivity contribution in [3.8, 4) is 5.75 Å². The van der Waals surface area contributed by atoms with Gasteiger partial charge in [0.25, 0.3) is 0 Å². The fourth-order valence-electron chi connectivity index (χ4n) is 1.93. The van der Waals surface area contributed by atoms with Crippen LogP contribution in [0, 0.1) is 18.2 Å². The maximum absolute atomic E-state index is 11.8. The van der Waals surface area contributed by atoms with E-state index in [2.05, 4.69) is 9.96 Å². The van der Waals surface area contributed by atoms with Gasteiger partial charge in [-0.2, -0.15) is 4.79 Å². The Labute approximate surface area is 143 Å². The van der Waals surface area contributed by atoms with Crippen molar-refractivity contribution >= 4 is 34.6 Å². The number of hydrogen-bond acceptors (Lipinski definition) is 6. The quantitative estimate of drug-likeness (QED) is 0.601. The Morgan fingerprint density at radius 1 is 1.38 bits per heavy atom. The van der Waals surface area contributed by atoms with Gasteiger partial charge in [0.15, 0.2) is 0 Å². The van der Waals surface area contributed by atoms with E-state index in [1.165, 1.54) is 6.07 Å². The summed E-state index contributed by atoms with van der Waals surface area (Å²) in [6.07, 6.45) is -0.910. The van der Waals surface area contributed by atoms with Crippen molar-refractivity contribution in [1.29, 1.82) is 5.39 Å². The summed E-state index contributed by atoms with van der Waals surface area (Å²) in [4.78, 5) is 30.1. The molecule has 0 fully saturated rings. The van der Waals surface area contributed by atoms with E-state index in [1.807, 2.05) is 13.8 Å². The molecule has 0 saturated heterocycles. The minimum Gasteiger partial charge on any atom is -0.434 e. The largest absolute Gasteiger partial charge is 0.611 e. The smallest absolute Gasteiger partial charge is 0.434 e. The number of aryl methyl sites for hydroxylation is 1. The lowest BCUT2D eigenvalue weighted by Crippen LogP contribution is -2.15. The molecule has 7 nitrogen and oxygen atoms in total. The molecule has 1 aromatic carbocycles. The van der Waals surface area contributed by atoms with Crippen LogP contribution in [0.5, 0.6) is 5.75 Å². The summed E-state index contributed by atoms with van der Waals surface area (Å²) in [6, 6.07) is 4.60. The molecule has 1 aromatic heterocycles. The lowest BCUT2D eigenvalue weighted by molar-refractivity contribution is 0.0887. The number of nitrogens with zero attached hydrogens (tertiary/aromatic N) is 3. The molecule has 24 heavy (non-hydrogen) atoms. The molecule has 0 saturated carbocycles. The van der Waals surface area contributed by atoms with Gasteiger partial charge >= 0.3 is 12.1 Å². The molecule has 1 amide bonds. The van der Waals surface area contributed by atoms with Gasteiger partial charge in [-0.05, 0) is 24.5 Å². The third kappa shape index (κ3) is 3.78. The Kier molecular flexibility index (Phi) is 5.31. The molecule has 0 N–H and O–H groups in total. The number of pyridine rings is 1. The van der Waals surface area contributed by atoms with Crippen molar-refractivity contribution in [2.75, 3.05) is 6.61 Å². The highest BCUT2D eigenvalue weighted by Crippen LogP contribution is 2.32. The number of hydrogen-bond donors (Lipinski definition) is 0. The van der Waals surface area contributed by atoms with Gasteiger partial charge in [0.2, 0.25) is 16.1 Å². The van der Waals surface area contributed by atoms with Gasteiger partial charge < -0.3 is 9.47 Å². The van der Waals surface area contributed by atoms with Crippen molar-refractivity contribution < 1.29 is 19.1 Å². The molecule has 0 aliphatic heterocycles. The van der Waals surface area contributed by atoms with Crippen LogP contribution in [0.1, 0.15) is 29.9 Å². The summed E-state index contributed by atoms with van der Waals surface area (Å²) in [5.41, 5.74) is 0.789. The van der Waals surface area contributed by atoms with Crippen molar-refractivity contribution in [2.24, 2.45) is 5.92 Å². The number of amides is 1. The van der Waals surface area contributed by atoms with E-state index < -0.39 is 12.1 Å². The van der Waals surface area contributed by atoms with E-state index in [4.69, 9.17) is 26.5 Å². The van der Waals surface area contributed by atoms with Gasteiger partial charge in [0.1, 0.15) is 5.75 Å². The number of carbonyl (C=O) groups is 2. The first-order valence-electron chi connectivity index (χ1n) is 7.17. The highest BCUT2D eigenvalue weighted by molar-refractivity contribution is 6.36. The van der Waals surface area contributed by atoms with E-state index in [0.717, 1.165) is 5.56 Å². The van der Waals surface area contributed by atoms with Crippen LogP contribution < -0.4 is 4.74 Å². The van der Waals surface area contributed by atoms with Crippen LogP contribution in [0.15, 0.2) is 18.2 Å². The lowest BCUT2D eigenvalue weighted by atomic mass is 10.1. The molecular formula is C16H15ClN3O4+. The number of diazo groups is 1. The second-order valence-electron chi connectivity index (χ2n) is 5.56.